The maximum atomic E-state index is 12.1. The van der Waals surface area contributed by atoms with Gasteiger partial charge in [-0.2, -0.15) is 0 Å². The van der Waals surface area contributed by atoms with Gasteiger partial charge in [-0.3, -0.25) is 9.79 Å². The van der Waals surface area contributed by atoms with Gasteiger partial charge < -0.3 is 35.6 Å². The maximum absolute atomic E-state index is 12.1. The third-order valence-electron chi connectivity index (χ3n) is 3.83. The first-order chi connectivity index (χ1) is 10.3. The molecule has 5 atom stereocenters. The van der Waals surface area contributed by atoms with Crippen molar-refractivity contribution in [3.63, 3.8) is 0 Å². The Kier molecular flexibility index (Phi) is 4.97. The summed E-state index contributed by atoms with van der Waals surface area (Å²) in [5.41, 5.74) is -1.05. The summed E-state index contributed by atoms with van der Waals surface area (Å²) in [5, 5.41) is 33.5. The summed E-state index contributed by atoms with van der Waals surface area (Å²) in [7, 11) is 0. The zero-order valence-corrected chi connectivity index (χ0v) is 13.1. The molecule has 124 valence electrons. The van der Waals surface area contributed by atoms with E-state index in [2.05, 4.69) is 15.6 Å². The second-order valence-corrected chi connectivity index (χ2v) is 5.78. The molecule has 0 aromatic carbocycles. The Morgan fingerprint density at radius 3 is 2.82 bits per heavy atom. The number of aliphatic hydroxyl groups excluding tert-OH is 3. The number of rotatable bonds is 6. The number of carbonyl (C=O) groups is 1. The predicted molar refractivity (Wildman–Crippen MR) is 80.9 cm³/mol. The quantitative estimate of drug-likeness (QED) is 0.338. The Morgan fingerprint density at radius 1 is 1.55 bits per heavy atom. The van der Waals surface area contributed by atoms with Crippen LogP contribution >= 0.6 is 12.2 Å². The van der Waals surface area contributed by atoms with Gasteiger partial charge in [0.1, 0.15) is 24.6 Å². The summed E-state index contributed by atoms with van der Waals surface area (Å²) in [6.45, 7) is 2.36. The molecule has 22 heavy (non-hydrogen) atoms. The molecule has 5 N–H and O–H groups in total. The van der Waals surface area contributed by atoms with Gasteiger partial charge in [0.15, 0.2) is 10.7 Å². The number of nitrogens with one attached hydrogen (secondary N) is 2. The van der Waals surface area contributed by atoms with Crippen LogP contribution in [0.25, 0.3) is 0 Å². The summed E-state index contributed by atoms with van der Waals surface area (Å²) in [6, 6.07) is 0. The maximum Gasteiger partial charge on any atom is 0.257 e. The molecule has 1 saturated heterocycles. The third-order valence-corrected chi connectivity index (χ3v) is 4.05. The Balaban J connectivity index is 2.11. The lowest BCUT2D eigenvalue weighted by Gasteiger charge is -2.41. The number of hydrogen-bond acceptors (Lipinski definition) is 8. The van der Waals surface area contributed by atoms with Crippen molar-refractivity contribution in [1.29, 1.82) is 0 Å². The molecule has 0 spiro atoms. The number of aliphatic hydroxyl groups is 3. The molecule has 1 amide bonds. The number of fused-ring (bicyclic) bond motifs is 1. The number of ether oxygens (including phenoxy) is 1. The zero-order valence-electron chi connectivity index (χ0n) is 12.3. The van der Waals surface area contributed by atoms with E-state index in [9.17, 15) is 15.0 Å². The van der Waals surface area contributed by atoms with Gasteiger partial charge in [-0.25, -0.2) is 0 Å². The van der Waals surface area contributed by atoms with Gasteiger partial charge in [0.05, 0.1) is 19.6 Å². The molecule has 10 heteroatoms. The first kappa shape index (κ1) is 17.0. The molecule has 4 unspecified atom stereocenters. The molecule has 9 nitrogen and oxygen atoms in total. The van der Waals surface area contributed by atoms with Crippen molar-refractivity contribution >= 4 is 29.6 Å². The molecule has 2 heterocycles. The van der Waals surface area contributed by atoms with Gasteiger partial charge in [0.2, 0.25) is 0 Å². The Bertz CT molecular complexity index is 490. The van der Waals surface area contributed by atoms with Crippen LogP contribution in [-0.2, 0) is 9.53 Å². The third kappa shape index (κ3) is 2.92. The number of amides is 1. The van der Waals surface area contributed by atoms with Crippen LogP contribution in [0.1, 0.15) is 13.8 Å². The summed E-state index contributed by atoms with van der Waals surface area (Å²) in [5.74, 6) is -0.318. The van der Waals surface area contributed by atoms with E-state index in [1.807, 2.05) is 0 Å². The number of aliphatic imine (C=N–C) groups is 1. The van der Waals surface area contributed by atoms with E-state index >= 15 is 0 Å². The minimum absolute atomic E-state index is 0.198. The average Bonchev–Trinajstić information content (AvgIpc) is 2.82. The highest BCUT2D eigenvalue weighted by Gasteiger charge is 2.52. The van der Waals surface area contributed by atoms with Crippen molar-refractivity contribution in [1.82, 2.24) is 15.5 Å². The van der Waals surface area contributed by atoms with E-state index in [0.29, 0.717) is 0 Å². The molecular formula is C12H20N4O5S. The summed E-state index contributed by atoms with van der Waals surface area (Å²) >= 11 is 4.99. The molecule has 0 saturated carbocycles. The van der Waals surface area contributed by atoms with Crippen molar-refractivity contribution in [2.75, 3.05) is 13.2 Å². The smallest absolute Gasteiger partial charge is 0.257 e. The molecule has 0 aromatic rings. The van der Waals surface area contributed by atoms with Crippen molar-refractivity contribution < 1.29 is 24.9 Å². The van der Waals surface area contributed by atoms with Crippen LogP contribution in [0.15, 0.2) is 4.99 Å². The normalized spacial score (nSPS) is 31.3. The van der Waals surface area contributed by atoms with Crippen LogP contribution in [0.5, 0.6) is 0 Å². The van der Waals surface area contributed by atoms with Crippen LogP contribution in [0, 0.1) is 0 Å². The molecular weight excluding hydrogens is 312 g/mol. The molecule has 0 bridgehead atoms. The molecule has 0 radical (unpaired) electrons. The van der Waals surface area contributed by atoms with Gasteiger partial charge in [0.25, 0.3) is 5.91 Å². The van der Waals surface area contributed by atoms with Crippen molar-refractivity contribution in [3.05, 3.63) is 0 Å². The van der Waals surface area contributed by atoms with Gasteiger partial charge >= 0.3 is 0 Å². The topological polar surface area (TPSA) is 127 Å². The van der Waals surface area contributed by atoms with Crippen LogP contribution in [0.2, 0.25) is 0 Å². The molecule has 0 aliphatic carbocycles. The lowest BCUT2D eigenvalue weighted by Crippen LogP contribution is -2.70. The second kappa shape index (κ2) is 6.42. The van der Waals surface area contributed by atoms with E-state index in [4.69, 9.17) is 22.1 Å². The summed E-state index contributed by atoms with van der Waals surface area (Å²) in [6.07, 6.45) is -1.84. The standard InChI is InChI=1S/C12H20N4O5S/c1-6(21-8(4-18)7(19)3-17)16-5-13-12(2)9(16)14-11(22)15-10(12)20/h5-9,17-19H,3-4H2,1-2H3,(H2,14,15,20,22)/t6?,7-,8?,9?,12?/m1/s1. The zero-order chi connectivity index (χ0) is 16.5. The highest BCUT2D eigenvalue weighted by molar-refractivity contribution is 7.80. The van der Waals surface area contributed by atoms with Crippen molar-refractivity contribution in [2.24, 2.45) is 4.99 Å². The van der Waals surface area contributed by atoms with Crippen LogP contribution in [0.4, 0.5) is 0 Å². The van der Waals surface area contributed by atoms with Gasteiger partial charge in [-0.1, -0.05) is 0 Å². The van der Waals surface area contributed by atoms with Crippen molar-refractivity contribution in [3.8, 4) is 0 Å². The fourth-order valence-corrected chi connectivity index (χ4v) is 2.61. The van der Waals surface area contributed by atoms with Gasteiger partial charge in [-0.15, -0.1) is 0 Å². The van der Waals surface area contributed by atoms with Crippen LogP contribution < -0.4 is 10.6 Å². The predicted octanol–water partition coefficient (Wildman–Crippen LogP) is -2.50. The van der Waals surface area contributed by atoms with E-state index in [1.165, 1.54) is 6.34 Å². The highest BCUT2D eigenvalue weighted by atomic mass is 32.1. The molecule has 2 aliphatic heterocycles. The molecule has 1 fully saturated rings. The van der Waals surface area contributed by atoms with Crippen molar-refractivity contribution in [2.45, 2.75) is 44.0 Å². The number of hydrogen-bond donors (Lipinski definition) is 5. The minimum atomic E-state index is -1.21. The Hall–Kier alpha value is -1.33. The van der Waals surface area contributed by atoms with E-state index < -0.39 is 43.4 Å². The van der Waals surface area contributed by atoms with E-state index in [0.717, 1.165) is 0 Å². The lowest BCUT2D eigenvalue weighted by molar-refractivity contribution is -0.146. The number of thiocarbonyl (C=S) groups is 1. The summed E-state index contributed by atoms with van der Waals surface area (Å²) < 4.78 is 5.56. The first-order valence-corrected chi connectivity index (χ1v) is 7.24. The molecule has 2 rings (SSSR count). The minimum Gasteiger partial charge on any atom is -0.394 e. The van der Waals surface area contributed by atoms with Gasteiger partial charge in [0, 0.05) is 0 Å². The number of carbonyl (C=O) groups excluding carboxylic acids is 1. The largest absolute Gasteiger partial charge is 0.394 e. The van der Waals surface area contributed by atoms with Crippen LogP contribution in [-0.4, -0.2) is 80.9 Å². The molecule has 2 aliphatic rings. The summed E-state index contributed by atoms with van der Waals surface area (Å²) in [4.78, 5) is 17.9. The molecule has 0 aromatic heterocycles. The Labute approximate surface area is 133 Å². The number of nitrogens with zero attached hydrogens (tertiary/aromatic N) is 2. The lowest BCUT2D eigenvalue weighted by atomic mass is 9.96. The fraction of sp³-hybridized carbons (Fsp3) is 0.750. The first-order valence-electron chi connectivity index (χ1n) is 6.83. The SMILES string of the molecule is CC(OC(CO)[C@H](O)CO)N1C=NC2(C)C(=O)NC(=S)NC12. The Morgan fingerprint density at radius 2 is 2.23 bits per heavy atom. The van der Waals surface area contributed by atoms with Crippen LogP contribution in [0.3, 0.4) is 0 Å². The second-order valence-electron chi connectivity index (χ2n) is 5.38. The van der Waals surface area contributed by atoms with E-state index in [-0.39, 0.29) is 11.0 Å². The average molecular weight is 332 g/mol. The fourth-order valence-electron chi connectivity index (χ4n) is 2.40. The van der Waals surface area contributed by atoms with E-state index in [1.54, 1.807) is 18.7 Å². The monoisotopic (exact) mass is 332 g/mol. The highest BCUT2D eigenvalue weighted by Crippen LogP contribution is 2.28. The van der Waals surface area contributed by atoms with Gasteiger partial charge in [-0.05, 0) is 26.1 Å².